The van der Waals surface area contributed by atoms with E-state index in [1.807, 2.05) is 28.8 Å². The first-order valence-corrected chi connectivity index (χ1v) is 9.22. The Balaban J connectivity index is 1.76. The Kier molecular flexibility index (Phi) is 4.39. The van der Waals surface area contributed by atoms with Crippen molar-refractivity contribution < 1.29 is 0 Å². The molecule has 4 aromatic rings. The van der Waals surface area contributed by atoms with E-state index in [1.165, 1.54) is 11.3 Å². The van der Waals surface area contributed by atoms with Crippen LogP contribution >= 0.6 is 0 Å². The lowest BCUT2D eigenvalue weighted by atomic mass is 10.1. The first kappa shape index (κ1) is 17.3. The number of benzene rings is 1. The van der Waals surface area contributed by atoms with Gasteiger partial charge in [-0.25, -0.2) is 4.98 Å². The van der Waals surface area contributed by atoms with Crippen LogP contribution in [0.15, 0.2) is 48.7 Å². The van der Waals surface area contributed by atoms with Gasteiger partial charge in [-0.05, 0) is 20.8 Å². The zero-order chi connectivity index (χ0) is 19.0. The molecule has 6 heteroatoms. The second-order valence-electron chi connectivity index (χ2n) is 6.79. The molecule has 0 aliphatic carbocycles. The number of rotatable bonds is 5. The van der Waals surface area contributed by atoms with Crippen molar-refractivity contribution in [1.82, 2.24) is 24.4 Å². The van der Waals surface area contributed by atoms with E-state index >= 15 is 0 Å². The van der Waals surface area contributed by atoms with E-state index in [0.717, 1.165) is 41.5 Å². The summed E-state index contributed by atoms with van der Waals surface area (Å²) in [5.41, 5.74) is 6.45. The van der Waals surface area contributed by atoms with Crippen LogP contribution in [-0.2, 0) is 13.1 Å². The van der Waals surface area contributed by atoms with Crippen molar-refractivity contribution in [3.8, 4) is 11.3 Å². The van der Waals surface area contributed by atoms with Gasteiger partial charge in [0.15, 0.2) is 5.65 Å². The van der Waals surface area contributed by atoms with E-state index in [4.69, 9.17) is 4.98 Å². The highest BCUT2D eigenvalue weighted by Crippen LogP contribution is 2.25. The minimum Gasteiger partial charge on any atom is -0.355 e. The number of aryl methyl sites for hydroxylation is 2. The third kappa shape index (κ3) is 3.07. The maximum Gasteiger partial charge on any atom is 0.157 e. The zero-order valence-electron chi connectivity index (χ0n) is 16.2. The van der Waals surface area contributed by atoms with Crippen LogP contribution in [0.4, 0.5) is 5.82 Å². The molecule has 0 saturated heterocycles. The molecule has 0 bridgehead atoms. The van der Waals surface area contributed by atoms with Gasteiger partial charge in [-0.2, -0.15) is 14.7 Å². The third-order valence-electron chi connectivity index (χ3n) is 5.03. The molecule has 0 aliphatic heterocycles. The molecule has 1 aromatic carbocycles. The van der Waals surface area contributed by atoms with E-state index < -0.39 is 0 Å². The van der Waals surface area contributed by atoms with E-state index in [9.17, 15) is 0 Å². The molecule has 27 heavy (non-hydrogen) atoms. The molecular weight excluding hydrogens is 336 g/mol. The molecule has 0 unspecified atom stereocenters. The fraction of sp³-hybridized carbons (Fsp3) is 0.286. The Hall–Kier alpha value is -3.15. The Morgan fingerprint density at radius 2 is 1.85 bits per heavy atom. The summed E-state index contributed by atoms with van der Waals surface area (Å²) in [6.07, 6.45) is 1.79. The Morgan fingerprint density at radius 1 is 1.07 bits per heavy atom. The Morgan fingerprint density at radius 3 is 2.56 bits per heavy atom. The van der Waals surface area contributed by atoms with Gasteiger partial charge in [0.05, 0.1) is 17.6 Å². The number of hydrogen-bond acceptors (Lipinski definition) is 4. The van der Waals surface area contributed by atoms with Crippen molar-refractivity contribution in [3.05, 3.63) is 65.6 Å². The highest BCUT2D eigenvalue weighted by atomic mass is 15.3. The van der Waals surface area contributed by atoms with Crippen molar-refractivity contribution in [3.63, 3.8) is 0 Å². The maximum atomic E-state index is 4.77. The zero-order valence-corrected chi connectivity index (χ0v) is 16.2. The number of nitrogens with zero attached hydrogens (tertiary/aromatic N) is 6. The van der Waals surface area contributed by atoms with Crippen LogP contribution < -0.4 is 4.90 Å². The van der Waals surface area contributed by atoms with Crippen LogP contribution in [0.2, 0.25) is 0 Å². The fourth-order valence-corrected chi connectivity index (χ4v) is 3.51. The lowest BCUT2D eigenvalue weighted by Crippen LogP contribution is -2.21. The van der Waals surface area contributed by atoms with Gasteiger partial charge >= 0.3 is 0 Å². The third-order valence-corrected chi connectivity index (χ3v) is 5.03. The van der Waals surface area contributed by atoms with Crippen molar-refractivity contribution in [2.75, 3.05) is 11.9 Å². The fourth-order valence-electron chi connectivity index (χ4n) is 3.51. The van der Waals surface area contributed by atoms with Gasteiger partial charge in [0.1, 0.15) is 5.82 Å². The van der Waals surface area contributed by atoms with Gasteiger partial charge in [-0.15, -0.1) is 0 Å². The second kappa shape index (κ2) is 6.87. The van der Waals surface area contributed by atoms with Crippen LogP contribution in [0, 0.1) is 13.8 Å². The summed E-state index contributed by atoms with van der Waals surface area (Å²) < 4.78 is 3.95. The minimum absolute atomic E-state index is 0.769. The first-order valence-electron chi connectivity index (χ1n) is 9.22. The van der Waals surface area contributed by atoms with Gasteiger partial charge in [0, 0.05) is 49.1 Å². The molecule has 3 heterocycles. The van der Waals surface area contributed by atoms with Crippen molar-refractivity contribution in [1.29, 1.82) is 0 Å². The first-order chi connectivity index (χ1) is 13.1. The van der Waals surface area contributed by atoms with Crippen molar-refractivity contribution in [2.45, 2.75) is 33.9 Å². The molecule has 0 aliphatic rings. The standard InChI is InChI=1S/C21H24N6/c1-5-26-16(3)18(15(2)24-26)14-25(4)21-13-19(17-9-7-6-8-10-17)23-20-11-12-22-27(20)21/h6-13H,5,14H2,1-4H3. The normalized spacial score (nSPS) is 11.3. The molecule has 138 valence electrons. The van der Waals surface area contributed by atoms with Crippen LogP contribution in [-0.4, -0.2) is 31.4 Å². The van der Waals surface area contributed by atoms with Gasteiger partial charge in [-0.3, -0.25) is 4.68 Å². The van der Waals surface area contributed by atoms with Crippen LogP contribution in [0.5, 0.6) is 0 Å². The number of hydrogen-bond donors (Lipinski definition) is 0. The predicted octanol–water partition coefficient (Wildman–Crippen LogP) is 3.87. The molecule has 0 saturated carbocycles. The van der Waals surface area contributed by atoms with Crippen LogP contribution in [0.25, 0.3) is 16.9 Å². The van der Waals surface area contributed by atoms with E-state index in [1.54, 1.807) is 6.20 Å². The number of fused-ring (bicyclic) bond motifs is 1. The highest BCUT2D eigenvalue weighted by Gasteiger charge is 2.16. The van der Waals surface area contributed by atoms with Gasteiger partial charge < -0.3 is 4.90 Å². The lowest BCUT2D eigenvalue weighted by molar-refractivity contribution is 0.633. The van der Waals surface area contributed by atoms with Crippen molar-refractivity contribution >= 4 is 11.5 Å². The van der Waals surface area contributed by atoms with Gasteiger partial charge in [-0.1, -0.05) is 30.3 Å². The largest absolute Gasteiger partial charge is 0.355 e. The smallest absolute Gasteiger partial charge is 0.157 e. The summed E-state index contributed by atoms with van der Waals surface area (Å²) in [7, 11) is 2.09. The lowest BCUT2D eigenvalue weighted by Gasteiger charge is -2.21. The van der Waals surface area contributed by atoms with Crippen LogP contribution in [0.3, 0.4) is 0 Å². The van der Waals surface area contributed by atoms with Crippen LogP contribution in [0.1, 0.15) is 23.9 Å². The predicted molar refractivity (Wildman–Crippen MR) is 108 cm³/mol. The average molecular weight is 360 g/mol. The summed E-state index contributed by atoms with van der Waals surface area (Å²) in [5, 5.41) is 9.12. The highest BCUT2D eigenvalue weighted by molar-refractivity contribution is 5.66. The summed E-state index contributed by atoms with van der Waals surface area (Å²) >= 11 is 0. The molecular formula is C21H24N6. The molecule has 6 nitrogen and oxygen atoms in total. The Bertz CT molecular complexity index is 1080. The summed E-state index contributed by atoms with van der Waals surface area (Å²) in [5.74, 6) is 1.01. The SMILES string of the molecule is CCn1nc(C)c(CN(C)c2cc(-c3ccccc3)nc3ccnn23)c1C. The average Bonchev–Trinajstić information content (AvgIpc) is 3.27. The monoisotopic (exact) mass is 360 g/mol. The summed E-state index contributed by atoms with van der Waals surface area (Å²) in [4.78, 5) is 6.98. The molecule has 3 aromatic heterocycles. The van der Waals surface area contributed by atoms with Gasteiger partial charge in [0.25, 0.3) is 0 Å². The van der Waals surface area contributed by atoms with E-state index in [-0.39, 0.29) is 0 Å². The Labute approximate surface area is 159 Å². The molecule has 0 radical (unpaired) electrons. The second-order valence-corrected chi connectivity index (χ2v) is 6.79. The van der Waals surface area contributed by atoms with Gasteiger partial charge in [0.2, 0.25) is 0 Å². The molecule has 0 N–H and O–H groups in total. The molecule has 0 atom stereocenters. The maximum absolute atomic E-state index is 4.77. The number of anilines is 1. The number of aromatic nitrogens is 5. The molecule has 0 fully saturated rings. The summed E-state index contributed by atoms with van der Waals surface area (Å²) in [6.45, 7) is 7.99. The summed E-state index contributed by atoms with van der Waals surface area (Å²) in [6, 6.07) is 14.3. The minimum atomic E-state index is 0.769. The van der Waals surface area contributed by atoms with Crippen molar-refractivity contribution in [2.24, 2.45) is 0 Å². The molecule has 0 spiro atoms. The molecule has 0 amide bonds. The molecule has 4 rings (SSSR count). The van der Waals surface area contributed by atoms with E-state index in [2.05, 4.69) is 65.8 Å². The quantitative estimate of drug-likeness (QED) is 0.542. The topological polar surface area (TPSA) is 51.2 Å². The van der Waals surface area contributed by atoms with E-state index in [0.29, 0.717) is 0 Å².